The fourth-order valence-corrected chi connectivity index (χ4v) is 2.98. The largest absolute Gasteiger partial charge is 0.300 e. The van der Waals surface area contributed by atoms with E-state index in [1.165, 1.54) is 42.6 Å². The third-order valence-electron chi connectivity index (χ3n) is 4.28. The standard InChI is InChI=1S/C20H24N2/c1-16-8-10-18(11-9-16)19(12-15-22-13-3-4-14-22)20-7-5-6-17(2)21-20/h5-12H,3-4,13-15H2,1-2H3/b19-12+. The van der Waals surface area contributed by atoms with Gasteiger partial charge < -0.3 is 0 Å². The first-order valence-corrected chi connectivity index (χ1v) is 8.16. The van der Waals surface area contributed by atoms with Crippen LogP contribution in [0.2, 0.25) is 0 Å². The second-order valence-electron chi connectivity index (χ2n) is 6.16. The van der Waals surface area contributed by atoms with Crippen molar-refractivity contribution in [2.45, 2.75) is 26.7 Å². The summed E-state index contributed by atoms with van der Waals surface area (Å²) in [7, 11) is 0. The van der Waals surface area contributed by atoms with E-state index in [1.807, 2.05) is 0 Å². The molecule has 2 aromatic rings. The summed E-state index contributed by atoms with van der Waals surface area (Å²) in [5.41, 5.74) is 5.93. The predicted octanol–water partition coefficient (Wildman–Crippen LogP) is 4.23. The number of hydrogen-bond acceptors (Lipinski definition) is 2. The molecular formula is C20H24N2. The van der Waals surface area contributed by atoms with Gasteiger partial charge in [-0.25, -0.2) is 0 Å². The molecule has 1 aliphatic heterocycles. The summed E-state index contributed by atoms with van der Waals surface area (Å²) in [5.74, 6) is 0. The number of benzene rings is 1. The van der Waals surface area contributed by atoms with Crippen molar-refractivity contribution in [3.05, 3.63) is 71.1 Å². The van der Waals surface area contributed by atoms with Gasteiger partial charge in [0.15, 0.2) is 0 Å². The molecule has 2 heterocycles. The smallest absolute Gasteiger partial charge is 0.0708 e. The first-order valence-electron chi connectivity index (χ1n) is 8.16. The SMILES string of the molecule is Cc1ccc(/C(=C\CN2CCCC2)c2cccc(C)n2)cc1. The Labute approximate surface area is 133 Å². The van der Waals surface area contributed by atoms with Crippen LogP contribution >= 0.6 is 0 Å². The Kier molecular flexibility index (Phi) is 4.69. The minimum atomic E-state index is 1.01. The van der Waals surface area contributed by atoms with Crippen LogP contribution in [0.1, 0.15) is 35.4 Å². The fourth-order valence-electron chi connectivity index (χ4n) is 2.98. The first kappa shape index (κ1) is 15.0. The lowest BCUT2D eigenvalue weighted by Gasteiger charge is -2.14. The van der Waals surface area contributed by atoms with E-state index in [1.54, 1.807) is 0 Å². The van der Waals surface area contributed by atoms with Crippen LogP contribution in [-0.2, 0) is 0 Å². The van der Waals surface area contributed by atoms with Crippen molar-refractivity contribution in [2.75, 3.05) is 19.6 Å². The summed E-state index contributed by atoms with van der Waals surface area (Å²) in [6.07, 6.45) is 5.00. The van der Waals surface area contributed by atoms with E-state index in [0.29, 0.717) is 0 Å². The summed E-state index contributed by atoms with van der Waals surface area (Å²) in [6.45, 7) is 7.63. The molecule has 1 saturated heterocycles. The van der Waals surface area contributed by atoms with Crippen LogP contribution in [0.15, 0.2) is 48.5 Å². The van der Waals surface area contributed by atoms with E-state index in [-0.39, 0.29) is 0 Å². The van der Waals surface area contributed by atoms with Gasteiger partial charge in [-0.3, -0.25) is 9.88 Å². The minimum absolute atomic E-state index is 1.01. The van der Waals surface area contributed by atoms with Gasteiger partial charge in [-0.05, 0) is 57.5 Å². The second kappa shape index (κ2) is 6.89. The maximum absolute atomic E-state index is 4.73. The maximum Gasteiger partial charge on any atom is 0.0708 e. The van der Waals surface area contributed by atoms with Crippen molar-refractivity contribution < 1.29 is 0 Å². The highest BCUT2D eigenvalue weighted by molar-refractivity contribution is 5.78. The number of aromatic nitrogens is 1. The summed E-state index contributed by atoms with van der Waals surface area (Å²) in [4.78, 5) is 7.25. The normalized spacial score (nSPS) is 16.2. The van der Waals surface area contributed by atoms with Gasteiger partial charge >= 0.3 is 0 Å². The molecule has 1 aromatic carbocycles. The lowest BCUT2D eigenvalue weighted by atomic mass is 10.00. The molecule has 0 spiro atoms. The van der Waals surface area contributed by atoms with E-state index in [0.717, 1.165) is 17.9 Å². The number of likely N-dealkylation sites (tertiary alicyclic amines) is 1. The van der Waals surface area contributed by atoms with Crippen molar-refractivity contribution in [1.82, 2.24) is 9.88 Å². The van der Waals surface area contributed by atoms with E-state index in [4.69, 9.17) is 4.98 Å². The second-order valence-corrected chi connectivity index (χ2v) is 6.16. The molecule has 1 aromatic heterocycles. The first-order chi connectivity index (χ1) is 10.7. The summed E-state index contributed by atoms with van der Waals surface area (Å²) in [5, 5.41) is 0. The molecule has 0 amide bonds. The van der Waals surface area contributed by atoms with Crippen LogP contribution in [0.3, 0.4) is 0 Å². The van der Waals surface area contributed by atoms with E-state index >= 15 is 0 Å². The van der Waals surface area contributed by atoms with Crippen molar-refractivity contribution >= 4 is 5.57 Å². The maximum atomic E-state index is 4.73. The zero-order chi connectivity index (χ0) is 15.4. The van der Waals surface area contributed by atoms with Gasteiger partial charge in [-0.1, -0.05) is 42.0 Å². The zero-order valence-electron chi connectivity index (χ0n) is 13.5. The number of rotatable bonds is 4. The molecule has 2 heteroatoms. The molecule has 0 aliphatic carbocycles. The van der Waals surface area contributed by atoms with Gasteiger partial charge in [0.1, 0.15) is 0 Å². The zero-order valence-corrected chi connectivity index (χ0v) is 13.5. The van der Waals surface area contributed by atoms with Crippen molar-refractivity contribution in [2.24, 2.45) is 0 Å². The van der Waals surface area contributed by atoms with Crippen molar-refractivity contribution in [3.8, 4) is 0 Å². The average molecular weight is 292 g/mol. The monoisotopic (exact) mass is 292 g/mol. The number of hydrogen-bond donors (Lipinski definition) is 0. The van der Waals surface area contributed by atoms with Gasteiger partial charge in [0.2, 0.25) is 0 Å². The number of pyridine rings is 1. The molecule has 22 heavy (non-hydrogen) atoms. The molecule has 114 valence electrons. The van der Waals surface area contributed by atoms with Gasteiger partial charge in [0.05, 0.1) is 5.69 Å². The lowest BCUT2D eigenvalue weighted by molar-refractivity contribution is 0.377. The number of nitrogens with zero attached hydrogens (tertiary/aromatic N) is 2. The van der Waals surface area contributed by atoms with Crippen LogP contribution < -0.4 is 0 Å². The third kappa shape index (κ3) is 3.63. The Morgan fingerprint density at radius 1 is 1.05 bits per heavy atom. The van der Waals surface area contributed by atoms with Gasteiger partial charge in [0.25, 0.3) is 0 Å². The lowest BCUT2D eigenvalue weighted by Crippen LogP contribution is -2.19. The summed E-state index contributed by atoms with van der Waals surface area (Å²) in [6, 6.07) is 15.0. The van der Waals surface area contributed by atoms with Crippen molar-refractivity contribution in [3.63, 3.8) is 0 Å². The summed E-state index contributed by atoms with van der Waals surface area (Å²) < 4.78 is 0. The minimum Gasteiger partial charge on any atom is -0.300 e. The van der Waals surface area contributed by atoms with Crippen molar-refractivity contribution in [1.29, 1.82) is 0 Å². The summed E-state index contributed by atoms with van der Waals surface area (Å²) >= 11 is 0. The van der Waals surface area contributed by atoms with Crippen LogP contribution in [0.4, 0.5) is 0 Å². The molecule has 0 bridgehead atoms. The highest BCUT2D eigenvalue weighted by Crippen LogP contribution is 2.23. The fraction of sp³-hybridized carbons (Fsp3) is 0.350. The van der Waals surface area contributed by atoms with Gasteiger partial charge in [0, 0.05) is 17.8 Å². The van der Waals surface area contributed by atoms with Crippen LogP contribution in [-0.4, -0.2) is 29.5 Å². The molecular weight excluding hydrogens is 268 g/mol. The molecule has 0 radical (unpaired) electrons. The Hall–Kier alpha value is -1.93. The highest BCUT2D eigenvalue weighted by atomic mass is 15.1. The predicted molar refractivity (Wildman–Crippen MR) is 92.9 cm³/mol. The quantitative estimate of drug-likeness (QED) is 0.838. The highest BCUT2D eigenvalue weighted by Gasteiger charge is 2.12. The van der Waals surface area contributed by atoms with Crippen LogP contribution in [0, 0.1) is 13.8 Å². The topological polar surface area (TPSA) is 16.1 Å². The number of aryl methyl sites for hydroxylation is 2. The Morgan fingerprint density at radius 3 is 2.45 bits per heavy atom. The Balaban J connectivity index is 1.93. The van der Waals surface area contributed by atoms with E-state index in [9.17, 15) is 0 Å². The van der Waals surface area contributed by atoms with Crippen LogP contribution in [0.5, 0.6) is 0 Å². The van der Waals surface area contributed by atoms with Gasteiger partial charge in [-0.15, -0.1) is 0 Å². The molecule has 3 rings (SSSR count). The average Bonchev–Trinajstić information content (AvgIpc) is 3.03. The molecule has 0 N–H and O–H groups in total. The van der Waals surface area contributed by atoms with Crippen LogP contribution in [0.25, 0.3) is 5.57 Å². The molecule has 1 aliphatic rings. The molecule has 2 nitrogen and oxygen atoms in total. The molecule has 0 unspecified atom stereocenters. The van der Waals surface area contributed by atoms with Gasteiger partial charge in [-0.2, -0.15) is 0 Å². The Bertz CT molecular complexity index is 650. The molecule has 1 fully saturated rings. The van der Waals surface area contributed by atoms with E-state index in [2.05, 4.69) is 67.3 Å². The Morgan fingerprint density at radius 2 is 1.77 bits per heavy atom. The third-order valence-corrected chi connectivity index (χ3v) is 4.28. The molecule has 0 saturated carbocycles. The molecule has 0 atom stereocenters. The van der Waals surface area contributed by atoms with E-state index < -0.39 is 0 Å².